The molecule has 184 valence electrons. The Bertz CT molecular complexity index is 775. The third-order valence-corrected chi connectivity index (χ3v) is 6.95. The molecular formula is C27H43N3O3. The van der Waals surface area contributed by atoms with E-state index in [2.05, 4.69) is 41.5 Å². The Morgan fingerprint density at radius 3 is 2.30 bits per heavy atom. The Balaban J connectivity index is 1.43. The topological polar surface area (TPSA) is 61.9 Å². The standard InChI is InChI=1S/C27H43N3O3/c1-27(2,3)33-26(32)30-16-14-21(15-17-30)18-25(31)28-19-22-10-8-9-11-23(22)20-29(4)24-12-6-5-7-13-24/h8-11,21,24H,5-7,12-20H2,1-4H3,(H,28,31). The van der Waals surface area contributed by atoms with Gasteiger partial charge in [-0.15, -0.1) is 0 Å². The second-order valence-corrected chi connectivity index (χ2v) is 10.9. The summed E-state index contributed by atoms with van der Waals surface area (Å²) in [6, 6.07) is 9.13. The van der Waals surface area contributed by atoms with Crippen LogP contribution in [0.4, 0.5) is 4.79 Å². The summed E-state index contributed by atoms with van der Waals surface area (Å²) in [5, 5.41) is 3.14. The summed E-state index contributed by atoms with van der Waals surface area (Å²) in [5.41, 5.74) is 2.03. The van der Waals surface area contributed by atoms with Crippen molar-refractivity contribution < 1.29 is 14.3 Å². The number of rotatable bonds is 7. The minimum absolute atomic E-state index is 0.0983. The molecule has 1 saturated carbocycles. The Labute approximate surface area is 200 Å². The van der Waals surface area contributed by atoms with Crippen molar-refractivity contribution >= 4 is 12.0 Å². The lowest BCUT2D eigenvalue weighted by Crippen LogP contribution is -2.42. The number of benzene rings is 1. The Kier molecular flexibility index (Phi) is 9.19. The molecule has 0 aromatic heterocycles. The van der Waals surface area contributed by atoms with Gasteiger partial charge in [0.05, 0.1) is 0 Å². The van der Waals surface area contributed by atoms with Crippen LogP contribution in [0, 0.1) is 5.92 Å². The number of ether oxygens (including phenoxy) is 1. The lowest BCUT2D eigenvalue weighted by molar-refractivity contribution is -0.122. The van der Waals surface area contributed by atoms with Gasteiger partial charge < -0.3 is 15.0 Å². The fraction of sp³-hybridized carbons (Fsp3) is 0.704. The molecule has 1 saturated heterocycles. The predicted octanol–water partition coefficient (Wildman–Crippen LogP) is 5.10. The monoisotopic (exact) mass is 457 g/mol. The minimum Gasteiger partial charge on any atom is -0.444 e. The van der Waals surface area contributed by atoms with Crippen molar-refractivity contribution in [1.82, 2.24) is 15.1 Å². The predicted molar refractivity (Wildman–Crippen MR) is 132 cm³/mol. The normalized spacial score (nSPS) is 18.4. The summed E-state index contributed by atoms with van der Waals surface area (Å²) in [4.78, 5) is 29.1. The van der Waals surface area contributed by atoms with Crippen LogP contribution >= 0.6 is 0 Å². The molecule has 1 aliphatic carbocycles. The number of carbonyl (C=O) groups excluding carboxylic acids is 2. The maximum Gasteiger partial charge on any atom is 0.410 e. The molecule has 2 fully saturated rings. The van der Waals surface area contributed by atoms with Gasteiger partial charge in [-0.1, -0.05) is 43.5 Å². The van der Waals surface area contributed by atoms with Crippen molar-refractivity contribution in [2.24, 2.45) is 5.92 Å². The molecule has 0 atom stereocenters. The molecule has 3 rings (SSSR count). The maximum absolute atomic E-state index is 12.6. The largest absolute Gasteiger partial charge is 0.444 e. The fourth-order valence-corrected chi connectivity index (χ4v) is 4.98. The summed E-state index contributed by atoms with van der Waals surface area (Å²) in [6.45, 7) is 8.47. The molecule has 6 nitrogen and oxygen atoms in total. The number of piperidine rings is 1. The second-order valence-electron chi connectivity index (χ2n) is 10.9. The van der Waals surface area contributed by atoms with Gasteiger partial charge >= 0.3 is 6.09 Å². The number of amides is 2. The summed E-state index contributed by atoms with van der Waals surface area (Å²) < 4.78 is 5.46. The Morgan fingerprint density at radius 2 is 1.67 bits per heavy atom. The average Bonchev–Trinajstić information content (AvgIpc) is 2.78. The van der Waals surface area contributed by atoms with Gasteiger partial charge in [0.1, 0.15) is 5.60 Å². The van der Waals surface area contributed by atoms with E-state index in [1.807, 2.05) is 20.8 Å². The quantitative estimate of drug-likeness (QED) is 0.618. The van der Waals surface area contributed by atoms with Gasteiger partial charge in [0.2, 0.25) is 5.91 Å². The Morgan fingerprint density at radius 1 is 1.03 bits per heavy atom. The first-order chi connectivity index (χ1) is 15.7. The summed E-state index contributed by atoms with van der Waals surface area (Å²) >= 11 is 0. The number of carbonyl (C=O) groups is 2. The molecular weight excluding hydrogens is 414 g/mol. The lowest BCUT2D eigenvalue weighted by atomic mass is 9.93. The average molecular weight is 458 g/mol. The highest BCUT2D eigenvalue weighted by molar-refractivity contribution is 5.76. The van der Waals surface area contributed by atoms with Gasteiger partial charge in [0.15, 0.2) is 0 Å². The fourth-order valence-electron chi connectivity index (χ4n) is 4.98. The number of hydrogen-bond acceptors (Lipinski definition) is 4. The number of nitrogens with one attached hydrogen (secondary N) is 1. The Hall–Kier alpha value is -2.08. The van der Waals surface area contributed by atoms with Crippen LogP contribution in [0.15, 0.2) is 24.3 Å². The third-order valence-electron chi connectivity index (χ3n) is 6.95. The first-order valence-electron chi connectivity index (χ1n) is 12.7. The number of nitrogens with zero attached hydrogens (tertiary/aromatic N) is 2. The van der Waals surface area contributed by atoms with Crippen LogP contribution in [0.5, 0.6) is 0 Å². The zero-order chi connectivity index (χ0) is 23.8. The smallest absolute Gasteiger partial charge is 0.410 e. The zero-order valence-corrected chi connectivity index (χ0v) is 21.1. The van der Waals surface area contributed by atoms with Crippen molar-refractivity contribution in [2.45, 2.75) is 96.9 Å². The van der Waals surface area contributed by atoms with E-state index < -0.39 is 5.60 Å². The van der Waals surface area contributed by atoms with E-state index in [9.17, 15) is 9.59 Å². The first kappa shape index (κ1) is 25.5. The van der Waals surface area contributed by atoms with Crippen LogP contribution in [-0.4, -0.2) is 53.6 Å². The minimum atomic E-state index is -0.477. The molecule has 1 aliphatic heterocycles. The van der Waals surface area contributed by atoms with E-state index in [0.717, 1.165) is 19.4 Å². The highest BCUT2D eigenvalue weighted by atomic mass is 16.6. The molecule has 2 aliphatic rings. The summed E-state index contributed by atoms with van der Waals surface area (Å²) in [5.74, 6) is 0.414. The van der Waals surface area contributed by atoms with Crippen molar-refractivity contribution in [3.05, 3.63) is 35.4 Å². The van der Waals surface area contributed by atoms with Crippen LogP contribution in [-0.2, 0) is 22.6 Å². The first-order valence-corrected chi connectivity index (χ1v) is 12.7. The molecule has 6 heteroatoms. The SMILES string of the molecule is CN(Cc1ccccc1CNC(=O)CC1CCN(C(=O)OC(C)(C)C)CC1)C1CCCCC1. The van der Waals surface area contributed by atoms with Gasteiger partial charge in [0.25, 0.3) is 0 Å². The van der Waals surface area contributed by atoms with Crippen molar-refractivity contribution in [2.75, 3.05) is 20.1 Å². The molecule has 0 radical (unpaired) electrons. The van der Waals surface area contributed by atoms with E-state index in [0.29, 0.717) is 38.0 Å². The molecule has 0 spiro atoms. The van der Waals surface area contributed by atoms with Gasteiger partial charge in [-0.25, -0.2) is 4.79 Å². The van der Waals surface area contributed by atoms with Gasteiger partial charge in [-0.2, -0.15) is 0 Å². The van der Waals surface area contributed by atoms with Gasteiger partial charge in [-0.3, -0.25) is 9.69 Å². The summed E-state index contributed by atoms with van der Waals surface area (Å²) in [6.07, 6.45) is 8.58. The van der Waals surface area contributed by atoms with Gasteiger partial charge in [0, 0.05) is 38.6 Å². The highest BCUT2D eigenvalue weighted by Gasteiger charge is 2.28. The van der Waals surface area contributed by atoms with Crippen molar-refractivity contribution in [1.29, 1.82) is 0 Å². The van der Waals surface area contributed by atoms with Crippen LogP contribution in [0.25, 0.3) is 0 Å². The van der Waals surface area contributed by atoms with Gasteiger partial charge in [-0.05, 0) is 70.5 Å². The molecule has 2 amide bonds. The molecule has 0 unspecified atom stereocenters. The van der Waals surface area contributed by atoms with Crippen LogP contribution in [0.3, 0.4) is 0 Å². The molecule has 1 aromatic rings. The van der Waals surface area contributed by atoms with Crippen molar-refractivity contribution in [3.8, 4) is 0 Å². The molecule has 0 bridgehead atoms. The third kappa shape index (κ3) is 8.33. The van der Waals surface area contributed by atoms with E-state index >= 15 is 0 Å². The number of hydrogen-bond donors (Lipinski definition) is 1. The van der Waals surface area contributed by atoms with E-state index in [1.54, 1.807) is 4.90 Å². The van der Waals surface area contributed by atoms with Crippen LogP contribution in [0.1, 0.15) is 83.3 Å². The zero-order valence-electron chi connectivity index (χ0n) is 21.1. The van der Waals surface area contributed by atoms with E-state index in [4.69, 9.17) is 4.74 Å². The summed E-state index contributed by atoms with van der Waals surface area (Å²) in [7, 11) is 2.23. The molecule has 33 heavy (non-hydrogen) atoms. The second kappa shape index (κ2) is 11.9. The molecule has 1 N–H and O–H groups in total. The van der Waals surface area contributed by atoms with Crippen molar-refractivity contribution in [3.63, 3.8) is 0 Å². The maximum atomic E-state index is 12.6. The van der Waals surface area contributed by atoms with E-state index in [1.165, 1.54) is 43.2 Å². The number of likely N-dealkylation sites (tertiary alicyclic amines) is 1. The van der Waals surface area contributed by atoms with E-state index in [-0.39, 0.29) is 12.0 Å². The lowest BCUT2D eigenvalue weighted by Gasteiger charge is -2.33. The molecule has 1 heterocycles. The van der Waals surface area contributed by atoms with Crippen LogP contribution in [0.2, 0.25) is 0 Å². The highest BCUT2D eigenvalue weighted by Crippen LogP contribution is 2.24. The molecule has 1 aromatic carbocycles. The van der Waals surface area contributed by atoms with Crippen LogP contribution < -0.4 is 5.32 Å².